The fraction of sp³-hybridized carbons (Fsp3) is 0.348. The van der Waals surface area contributed by atoms with Crippen molar-refractivity contribution in [2.45, 2.75) is 39.8 Å². The molecular formula is C23H27ClN4O3. The molecule has 8 heteroatoms. The lowest BCUT2D eigenvalue weighted by atomic mass is 10.0. The van der Waals surface area contributed by atoms with Crippen LogP contribution in [0.15, 0.2) is 58.1 Å². The van der Waals surface area contributed by atoms with Crippen LogP contribution in [0.4, 0.5) is 11.6 Å². The van der Waals surface area contributed by atoms with Crippen molar-refractivity contribution < 1.29 is 5.11 Å². The van der Waals surface area contributed by atoms with Crippen LogP contribution in [0.25, 0.3) is 0 Å². The number of hydrogen-bond donors (Lipinski definition) is 2. The highest BCUT2D eigenvalue weighted by Crippen LogP contribution is 2.17. The summed E-state index contributed by atoms with van der Waals surface area (Å²) in [5, 5.41) is 12.8. The van der Waals surface area contributed by atoms with Gasteiger partial charge in [0.05, 0.1) is 6.54 Å². The van der Waals surface area contributed by atoms with Crippen molar-refractivity contribution in [3.8, 4) is 0 Å². The van der Waals surface area contributed by atoms with Gasteiger partial charge in [0.25, 0.3) is 0 Å². The summed E-state index contributed by atoms with van der Waals surface area (Å²) < 4.78 is 2.47. The molecule has 7 nitrogen and oxygen atoms in total. The molecule has 1 heterocycles. The quantitative estimate of drug-likeness (QED) is 0.530. The Morgan fingerprint density at radius 1 is 1.00 bits per heavy atom. The van der Waals surface area contributed by atoms with Crippen LogP contribution in [0, 0.1) is 5.92 Å². The predicted molar refractivity (Wildman–Crippen MR) is 123 cm³/mol. The van der Waals surface area contributed by atoms with E-state index in [0.29, 0.717) is 17.4 Å². The Bertz CT molecular complexity index is 1120. The maximum atomic E-state index is 13.1. The number of halogens is 1. The Morgan fingerprint density at radius 2 is 1.65 bits per heavy atom. The van der Waals surface area contributed by atoms with Crippen molar-refractivity contribution in [1.82, 2.24) is 14.1 Å². The lowest BCUT2D eigenvalue weighted by Crippen LogP contribution is -2.42. The highest BCUT2D eigenvalue weighted by molar-refractivity contribution is 6.30. The van der Waals surface area contributed by atoms with E-state index < -0.39 is 11.4 Å². The lowest BCUT2D eigenvalue weighted by Gasteiger charge is -2.16. The van der Waals surface area contributed by atoms with E-state index in [9.17, 15) is 9.59 Å². The second-order valence-corrected chi connectivity index (χ2v) is 8.30. The highest BCUT2D eigenvalue weighted by atomic mass is 35.5. The number of nitrogens with one attached hydrogen (secondary N) is 1. The van der Waals surface area contributed by atoms with E-state index in [1.807, 2.05) is 36.4 Å². The maximum Gasteiger partial charge on any atom is 0.354 e. The highest BCUT2D eigenvalue weighted by Gasteiger charge is 2.14. The summed E-state index contributed by atoms with van der Waals surface area (Å²) in [7, 11) is 0. The number of nitrogens with zero attached hydrogens (tertiary/aromatic N) is 3. The zero-order valence-electron chi connectivity index (χ0n) is 17.7. The van der Waals surface area contributed by atoms with Gasteiger partial charge < -0.3 is 10.4 Å². The van der Waals surface area contributed by atoms with Crippen molar-refractivity contribution in [1.29, 1.82) is 0 Å². The second-order valence-electron chi connectivity index (χ2n) is 7.86. The Kier molecular flexibility index (Phi) is 7.65. The van der Waals surface area contributed by atoms with Gasteiger partial charge in [0.15, 0.2) is 0 Å². The van der Waals surface area contributed by atoms with Gasteiger partial charge in [-0.1, -0.05) is 49.7 Å². The molecule has 0 saturated heterocycles. The molecule has 2 aromatic carbocycles. The van der Waals surface area contributed by atoms with E-state index in [-0.39, 0.29) is 25.6 Å². The van der Waals surface area contributed by atoms with Gasteiger partial charge in [-0.25, -0.2) is 14.2 Å². The largest absolute Gasteiger partial charge is 0.396 e. The average molecular weight is 443 g/mol. The van der Waals surface area contributed by atoms with Crippen LogP contribution in [-0.2, 0) is 19.5 Å². The van der Waals surface area contributed by atoms with Crippen LogP contribution in [0.2, 0.25) is 5.02 Å². The van der Waals surface area contributed by atoms with Crippen molar-refractivity contribution in [3.05, 3.63) is 85.6 Å². The normalized spacial score (nSPS) is 11.1. The minimum atomic E-state index is -0.648. The summed E-state index contributed by atoms with van der Waals surface area (Å²) in [4.78, 5) is 29.7. The van der Waals surface area contributed by atoms with Gasteiger partial charge >= 0.3 is 11.4 Å². The van der Waals surface area contributed by atoms with Gasteiger partial charge in [-0.3, -0.25) is 4.57 Å². The van der Waals surface area contributed by atoms with Gasteiger partial charge in [0.2, 0.25) is 5.95 Å². The van der Waals surface area contributed by atoms with E-state index in [2.05, 4.69) is 24.1 Å². The number of aliphatic hydroxyl groups is 1. The van der Waals surface area contributed by atoms with E-state index >= 15 is 0 Å². The molecule has 3 rings (SSSR count). The molecule has 0 fully saturated rings. The van der Waals surface area contributed by atoms with Crippen LogP contribution in [0.5, 0.6) is 0 Å². The van der Waals surface area contributed by atoms with E-state index in [0.717, 1.165) is 22.2 Å². The third-order valence-corrected chi connectivity index (χ3v) is 5.05. The number of anilines is 2. The molecule has 0 bridgehead atoms. The van der Waals surface area contributed by atoms with Crippen LogP contribution in [0.1, 0.15) is 31.4 Å². The molecule has 0 radical (unpaired) electrons. The van der Waals surface area contributed by atoms with Crippen molar-refractivity contribution in [3.63, 3.8) is 0 Å². The molecule has 2 N–H and O–H groups in total. The Labute approximate surface area is 186 Å². The van der Waals surface area contributed by atoms with E-state index in [1.165, 1.54) is 10.1 Å². The van der Waals surface area contributed by atoms with Crippen molar-refractivity contribution in [2.24, 2.45) is 5.92 Å². The minimum Gasteiger partial charge on any atom is -0.396 e. The Hall–Kier alpha value is -2.90. The molecule has 0 spiro atoms. The molecule has 0 unspecified atom stereocenters. The molecule has 0 aliphatic rings. The van der Waals surface area contributed by atoms with Gasteiger partial charge in [0.1, 0.15) is 0 Å². The second kappa shape index (κ2) is 10.4. The lowest BCUT2D eigenvalue weighted by molar-refractivity contribution is 0.276. The Balaban J connectivity index is 1.98. The SMILES string of the molecule is CC(C)Cc1ccc(Nc2nc(=O)n(CCCO)c(=O)n2Cc2ccc(Cl)cc2)cc1. The van der Waals surface area contributed by atoms with Gasteiger partial charge in [-0.05, 0) is 54.2 Å². The summed E-state index contributed by atoms with van der Waals surface area (Å²) in [6, 6.07) is 15.0. The van der Waals surface area contributed by atoms with Crippen molar-refractivity contribution >= 4 is 23.2 Å². The van der Waals surface area contributed by atoms with E-state index in [1.54, 1.807) is 12.1 Å². The van der Waals surface area contributed by atoms with Crippen LogP contribution < -0.4 is 16.7 Å². The van der Waals surface area contributed by atoms with Gasteiger partial charge in [-0.15, -0.1) is 0 Å². The minimum absolute atomic E-state index is 0.103. The van der Waals surface area contributed by atoms with Crippen LogP contribution in [-0.4, -0.2) is 25.8 Å². The number of benzene rings is 2. The van der Waals surface area contributed by atoms with Crippen molar-refractivity contribution in [2.75, 3.05) is 11.9 Å². The first-order valence-electron chi connectivity index (χ1n) is 10.3. The molecule has 0 amide bonds. The maximum absolute atomic E-state index is 13.1. The molecule has 3 aromatic rings. The van der Waals surface area contributed by atoms with Gasteiger partial charge in [0, 0.05) is 23.9 Å². The number of aliphatic hydroxyl groups excluding tert-OH is 1. The average Bonchev–Trinajstić information content (AvgIpc) is 2.73. The molecule has 0 atom stereocenters. The zero-order valence-corrected chi connectivity index (χ0v) is 18.5. The summed E-state index contributed by atoms with van der Waals surface area (Å²) in [5.74, 6) is 0.721. The summed E-state index contributed by atoms with van der Waals surface area (Å²) in [6.07, 6.45) is 1.27. The fourth-order valence-electron chi connectivity index (χ4n) is 3.28. The zero-order chi connectivity index (χ0) is 22.4. The first-order valence-corrected chi connectivity index (χ1v) is 10.7. The number of aromatic nitrogens is 3. The first-order chi connectivity index (χ1) is 14.9. The third-order valence-electron chi connectivity index (χ3n) is 4.80. The molecule has 1 aromatic heterocycles. The molecule has 164 valence electrons. The molecule has 0 aliphatic carbocycles. The topological polar surface area (TPSA) is 89.2 Å². The standard InChI is InChI=1S/C23H27ClN4O3/c1-16(2)14-17-6-10-20(11-7-17)25-21-26-22(30)27(12-3-13-29)23(31)28(21)15-18-4-8-19(24)9-5-18/h4-11,16,29H,3,12-15H2,1-2H3,(H,25,26,30). The first kappa shape index (κ1) is 22.8. The van der Waals surface area contributed by atoms with Gasteiger partial charge in [-0.2, -0.15) is 4.98 Å². The fourth-order valence-corrected chi connectivity index (χ4v) is 3.41. The molecule has 31 heavy (non-hydrogen) atoms. The molecular weight excluding hydrogens is 416 g/mol. The number of rotatable bonds is 9. The monoisotopic (exact) mass is 442 g/mol. The summed E-state index contributed by atoms with van der Waals surface area (Å²) in [6.45, 7) is 4.53. The smallest absolute Gasteiger partial charge is 0.354 e. The third kappa shape index (κ3) is 6.06. The summed E-state index contributed by atoms with van der Waals surface area (Å²) in [5.41, 5.74) is 1.66. The summed E-state index contributed by atoms with van der Waals surface area (Å²) >= 11 is 5.97. The molecule has 0 aliphatic heterocycles. The van der Waals surface area contributed by atoms with Crippen LogP contribution >= 0.6 is 11.6 Å². The Morgan fingerprint density at radius 3 is 2.26 bits per heavy atom. The van der Waals surface area contributed by atoms with Crippen LogP contribution in [0.3, 0.4) is 0 Å². The number of hydrogen-bond acceptors (Lipinski definition) is 5. The predicted octanol–water partition coefficient (Wildman–Crippen LogP) is 3.43. The van der Waals surface area contributed by atoms with E-state index in [4.69, 9.17) is 16.7 Å². The molecule has 0 saturated carbocycles.